The second-order valence-electron chi connectivity index (χ2n) is 28.7. The molecule has 0 aliphatic heterocycles. The maximum Gasteiger partial charge on any atom is 0.472 e. The zero-order chi connectivity index (χ0) is 71.0. The molecule has 19 heteroatoms. The Bertz CT molecular complexity index is 1890. The molecule has 0 aromatic carbocycles. The van der Waals surface area contributed by atoms with Gasteiger partial charge in [-0.2, -0.15) is 0 Å². The van der Waals surface area contributed by atoms with E-state index in [0.29, 0.717) is 25.7 Å². The molecule has 0 fully saturated rings. The van der Waals surface area contributed by atoms with Crippen LogP contribution in [0.3, 0.4) is 0 Å². The van der Waals surface area contributed by atoms with Crippen LogP contribution in [0, 0.1) is 23.7 Å². The molecule has 0 radical (unpaired) electrons. The summed E-state index contributed by atoms with van der Waals surface area (Å²) in [6.45, 7) is 14.2. The first-order valence-electron chi connectivity index (χ1n) is 39.9. The molecule has 96 heavy (non-hydrogen) atoms. The number of rotatable bonds is 74. The average molecular weight is 1410 g/mol. The molecule has 6 unspecified atom stereocenters. The lowest BCUT2D eigenvalue weighted by molar-refractivity contribution is -0.161. The summed E-state index contributed by atoms with van der Waals surface area (Å²) in [5.74, 6) is 1.00. The van der Waals surface area contributed by atoms with Crippen molar-refractivity contribution in [1.29, 1.82) is 0 Å². The predicted octanol–water partition coefficient (Wildman–Crippen LogP) is 22.4. The van der Waals surface area contributed by atoms with E-state index < -0.39 is 97.5 Å². The zero-order valence-electron chi connectivity index (χ0n) is 63.0. The van der Waals surface area contributed by atoms with Crippen LogP contribution in [0.15, 0.2) is 0 Å². The van der Waals surface area contributed by atoms with E-state index in [2.05, 4.69) is 55.4 Å². The lowest BCUT2D eigenvalue weighted by Gasteiger charge is -2.21. The van der Waals surface area contributed by atoms with Crippen LogP contribution in [0.5, 0.6) is 0 Å². The normalized spacial score (nSPS) is 15.2. The number of ether oxygens (including phenoxy) is 4. The van der Waals surface area contributed by atoms with Gasteiger partial charge < -0.3 is 33.8 Å². The van der Waals surface area contributed by atoms with Crippen LogP contribution < -0.4 is 0 Å². The molecule has 0 saturated heterocycles. The van der Waals surface area contributed by atoms with Gasteiger partial charge in [0.15, 0.2) is 12.2 Å². The SMILES string of the molecule is CCC(C)CCCCCCCCCCCCCCCCCCCCC(=O)OC[C@H](COP(=O)(O)OC[C@@H](O)COP(=O)(O)OC[C@@H](COC(=O)CCCCCCCCC(C)CC)OC(=O)CCCCCCCCC(C)CC)OC(=O)CCCCCCCCCCCCC(C)CC. The molecule has 0 amide bonds. The smallest absolute Gasteiger partial charge is 0.462 e. The summed E-state index contributed by atoms with van der Waals surface area (Å²) in [5, 5.41) is 10.6. The van der Waals surface area contributed by atoms with Crippen molar-refractivity contribution >= 4 is 39.5 Å². The number of unbranched alkanes of at least 4 members (excludes halogenated alkanes) is 36. The summed E-state index contributed by atoms with van der Waals surface area (Å²) in [7, 11) is -9.91. The Morgan fingerprint density at radius 2 is 0.469 bits per heavy atom. The van der Waals surface area contributed by atoms with Crippen molar-refractivity contribution < 1.29 is 80.2 Å². The van der Waals surface area contributed by atoms with E-state index in [1.165, 1.54) is 186 Å². The number of aliphatic hydroxyl groups excluding tert-OH is 1. The Hall–Kier alpha value is -1.94. The maximum atomic E-state index is 13.1. The van der Waals surface area contributed by atoms with E-state index in [1.807, 2.05) is 0 Å². The van der Waals surface area contributed by atoms with Gasteiger partial charge in [-0.25, -0.2) is 9.13 Å². The van der Waals surface area contributed by atoms with Crippen molar-refractivity contribution in [2.75, 3.05) is 39.6 Å². The van der Waals surface area contributed by atoms with Crippen molar-refractivity contribution in [3.05, 3.63) is 0 Å². The lowest BCUT2D eigenvalue weighted by atomic mass is 9.99. The lowest BCUT2D eigenvalue weighted by Crippen LogP contribution is -2.30. The van der Waals surface area contributed by atoms with Crippen molar-refractivity contribution in [1.82, 2.24) is 0 Å². The molecule has 0 spiro atoms. The van der Waals surface area contributed by atoms with E-state index in [0.717, 1.165) is 120 Å². The summed E-state index contributed by atoms with van der Waals surface area (Å²) in [6.07, 6.45) is 51.5. The number of aliphatic hydroxyl groups is 1. The summed E-state index contributed by atoms with van der Waals surface area (Å²) in [4.78, 5) is 72.8. The number of phosphoric ester groups is 2. The summed E-state index contributed by atoms with van der Waals surface area (Å²) >= 11 is 0. The van der Waals surface area contributed by atoms with Crippen LogP contribution in [0.1, 0.15) is 389 Å². The standard InChI is InChI=1S/C77H150O17P2/c1-9-67(5)53-45-37-29-25-21-19-17-15-13-14-16-18-20-22-27-31-41-49-57-74(79)87-63-72(93-76(81)59-51-43-32-28-24-23-26-30-38-46-54-68(6)10-2)65-91-95(83,84)89-61-71(78)62-90-96(85,86)92-66-73(94-77(82)60-52-44-36-34-40-48-56-70(8)12-4)64-88-75(80)58-50-42-35-33-39-47-55-69(7)11-3/h67-73,78H,9-66H2,1-8H3,(H,83,84)(H,85,86)/t67?,68?,69?,70?,71-,72-,73-/m1/s1. The molecular weight excluding hydrogens is 1260 g/mol. The number of hydrogen-bond donors (Lipinski definition) is 3. The van der Waals surface area contributed by atoms with Crippen LogP contribution in [0.4, 0.5) is 0 Å². The monoisotopic (exact) mass is 1410 g/mol. The first kappa shape index (κ1) is 94.1. The van der Waals surface area contributed by atoms with Crippen molar-refractivity contribution in [2.45, 2.75) is 408 Å². The van der Waals surface area contributed by atoms with Crippen LogP contribution in [-0.4, -0.2) is 96.7 Å². The molecule has 0 rings (SSSR count). The third-order valence-corrected chi connectivity index (χ3v) is 21.2. The Morgan fingerprint density at radius 3 is 0.688 bits per heavy atom. The number of esters is 4. The van der Waals surface area contributed by atoms with Crippen molar-refractivity contribution in [3.63, 3.8) is 0 Å². The second-order valence-corrected chi connectivity index (χ2v) is 31.6. The quantitative estimate of drug-likeness (QED) is 0.0222. The van der Waals surface area contributed by atoms with Gasteiger partial charge >= 0.3 is 39.5 Å². The average Bonchev–Trinajstić information content (AvgIpc) is 1.87. The highest BCUT2D eigenvalue weighted by Crippen LogP contribution is 2.45. The van der Waals surface area contributed by atoms with E-state index in [9.17, 15) is 43.2 Å². The molecule has 17 nitrogen and oxygen atoms in total. The Morgan fingerprint density at radius 1 is 0.281 bits per heavy atom. The number of carbonyl (C=O) groups is 4. The van der Waals surface area contributed by atoms with Crippen LogP contribution in [0.25, 0.3) is 0 Å². The molecule has 570 valence electrons. The van der Waals surface area contributed by atoms with E-state index in [1.54, 1.807) is 0 Å². The summed E-state index contributed by atoms with van der Waals surface area (Å²) in [6, 6.07) is 0. The highest BCUT2D eigenvalue weighted by molar-refractivity contribution is 7.47. The predicted molar refractivity (Wildman–Crippen MR) is 391 cm³/mol. The minimum Gasteiger partial charge on any atom is -0.462 e. The molecule has 3 N–H and O–H groups in total. The van der Waals surface area contributed by atoms with Gasteiger partial charge in [-0.05, 0) is 49.4 Å². The van der Waals surface area contributed by atoms with Crippen molar-refractivity contribution in [2.24, 2.45) is 23.7 Å². The van der Waals surface area contributed by atoms with Crippen molar-refractivity contribution in [3.8, 4) is 0 Å². The Balaban J connectivity index is 5.18. The fraction of sp³-hybridized carbons (Fsp3) is 0.948. The fourth-order valence-corrected chi connectivity index (χ4v) is 13.2. The molecule has 9 atom stereocenters. The van der Waals surface area contributed by atoms with E-state index in [4.69, 9.17) is 37.0 Å². The topological polar surface area (TPSA) is 237 Å². The summed E-state index contributed by atoms with van der Waals surface area (Å²) in [5.41, 5.74) is 0. The zero-order valence-corrected chi connectivity index (χ0v) is 64.8. The minimum absolute atomic E-state index is 0.102. The second kappa shape index (κ2) is 66.3. The van der Waals surface area contributed by atoms with Crippen LogP contribution in [-0.2, 0) is 65.4 Å². The molecule has 0 aromatic rings. The third-order valence-electron chi connectivity index (χ3n) is 19.3. The van der Waals surface area contributed by atoms with Crippen LogP contribution >= 0.6 is 15.6 Å². The molecule has 0 heterocycles. The number of carbonyl (C=O) groups excluding carboxylic acids is 4. The summed E-state index contributed by atoms with van der Waals surface area (Å²) < 4.78 is 68.5. The van der Waals surface area contributed by atoms with Gasteiger partial charge in [0.2, 0.25) is 0 Å². The van der Waals surface area contributed by atoms with E-state index in [-0.39, 0.29) is 25.7 Å². The fourth-order valence-electron chi connectivity index (χ4n) is 11.6. The molecule has 0 aliphatic carbocycles. The molecule has 0 aromatic heterocycles. The molecular formula is C77H150O17P2. The van der Waals surface area contributed by atoms with Gasteiger partial charge in [0, 0.05) is 25.7 Å². The number of phosphoric acid groups is 2. The third kappa shape index (κ3) is 65.4. The minimum atomic E-state index is -4.96. The first-order valence-corrected chi connectivity index (χ1v) is 42.8. The molecule has 0 saturated carbocycles. The van der Waals surface area contributed by atoms with Crippen LogP contribution in [0.2, 0.25) is 0 Å². The van der Waals surface area contributed by atoms with Gasteiger partial charge in [-0.3, -0.25) is 37.3 Å². The number of hydrogen-bond acceptors (Lipinski definition) is 15. The molecule has 0 bridgehead atoms. The Labute approximate surface area is 588 Å². The van der Waals surface area contributed by atoms with Gasteiger partial charge in [0.1, 0.15) is 19.3 Å². The maximum absolute atomic E-state index is 13.1. The van der Waals surface area contributed by atoms with Gasteiger partial charge in [-0.15, -0.1) is 0 Å². The Kier molecular flexibility index (Phi) is 65.0. The first-order chi connectivity index (χ1) is 46.2. The highest BCUT2D eigenvalue weighted by Gasteiger charge is 2.30. The van der Waals surface area contributed by atoms with Gasteiger partial charge in [0.25, 0.3) is 0 Å². The van der Waals surface area contributed by atoms with Gasteiger partial charge in [-0.1, -0.05) is 338 Å². The molecule has 0 aliphatic rings. The largest absolute Gasteiger partial charge is 0.472 e. The highest BCUT2D eigenvalue weighted by atomic mass is 31.2. The van der Waals surface area contributed by atoms with E-state index >= 15 is 0 Å². The van der Waals surface area contributed by atoms with Gasteiger partial charge in [0.05, 0.1) is 26.4 Å².